The predicted octanol–water partition coefficient (Wildman–Crippen LogP) is 4.58. The van der Waals surface area contributed by atoms with Gasteiger partial charge >= 0.3 is 0 Å². The number of thioether (sulfide) groups is 1. The van der Waals surface area contributed by atoms with Crippen LogP contribution in [0.1, 0.15) is 0 Å². The maximum atomic E-state index is 11.8. The van der Waals surface area contributed by atoms with Gasteiger partial charge in [0.05, 0.1) is 5.02 Å². The van der Waals surface area contributed by atoms with Crippen molar-refractivity contribution >= 4 is 46.6 Å². The van der Waals surface area contributed by atoms with Gasteiger partial charge < -0.3 is 10.1 Å². The molecule has 0 aromatic heterocycles. The van der Waals surface area contributed by atoms with Crippen molar-refractivity contribution in [1.29, 1.82) is 5.26 Å². The molecule has 0 saturated carbocycles. The highest BCUT2D eigenvalue weighted by Gasteiger charge is 2.07. The molecule has 0 fully saturated rings. The largest absolute Gasteiger partial charge is 0.482 e. The average Bonchev–Trinajstić information content (AvgIpc) is 2.49. The van der Waals surface area contributed by atoms with Crippen LogP contribution in [0.4, 0.5) is 5.69 Å². The second-order valence-corrected chi connectivity index (χ2v) is 5.83. The third-order valence-corrected chi connectivity index (χ3v) is 3.68. The van der Waals surface area contributed by atoms with E-state index in [1.807, 2.05) is 5.40 Å². The van der Waals surface area contributed by atoms with Gasteiger partial charge in [-0.1, -0.05) is 23.2 Å². The van der Waals surface area contributed by atoms with Crippen LogP contribution in [0.25, 0.3) is 0 Å². The number of anilines is 1. The molecule has 0 aliphatic carbocycles. The molecule has 1 N–H and O–H groups in total. The van der Waals surface area contributed by atoms with Gasteiger partial charge in [-0.15, -0.1) is 0 Å². The monoisotopic (exact) mass is 352 g/mol. The fourth-order valence-corrected chi connectivity index (χ4v) is 2.43. The quantitative estimate of drug-likeness (QED) is 0.631. The topological polar surface area (TPSA) is 62.1 Å². The van der Waals surface area contributed by atoms with E-state index in [9.17, 15) is 4.79 Å². The van der Waals surface area contributed by atoms with Crippen LogP contribution >= 0.6 is 35.0 Å². The molecular formula is C15H10Cl2N2O2S. The number of halogens is 2. The Morgan fingerprint density at radius 2 is 1.95 bits per heavy atom. The third kappa shape index (κ3) is 4.85. The predicted molar refractivity (Wildman–Crippen MR) is 88.5 cm³/mol. The summed E-state index contributed by atoms with van der Waals surface area (Å²) in [7, 11) is 0. The summed E-state index contributed by atoms with van der Waals surface area (Å²) < 4.78 is 5.34. The standard InChI is InChI=1S/C15H10Cl2N2O2S/c16-10-1-6-14(13(17)7-10)21-8-15(20)19-11-2-4-12(5-3-11)22-9-18/h1-7H,8H2,(H,19,20). The van der Waals surface area contributed by atoms with Crippen molar-refractivity contribution in [2.75, 3.05) is 11.9 Å². The van der Waals surface area contributed by atoms with E-state index in [2.05, 4.69) is 5.32 Å². The summed E-state index contributed by atoms with van der Waals surface area (Å²) in [4.78, 5) is 12.6. The van der Waals surface area contributed by atoms with Gasteiger partial charge in [0.1, 0.15) is 11.2 Å². The first-order valence-corrected chi connectivity index (χ1v) is 7.69. The Morgan fingerprint density at radius 1 is 1.23 bits per heavy atom. The van der Waals surface area contributed by atoms with Gasteiger partial charge in [-0.05, 0) is 54.2 Å². The molecule has 0 atom stereocenters. The highest BCUT2D eigenvalue weighted by atomic mass is 35.5. The molecule has 0 saturated heterocycles. The summed E-state index contributed by atoms with van der Waals surface area (Å²) in [5.74, 6) is 0.0775. The Balaban J connectivity index is 1.89. The van der Waals surface area contributed by atoms with Crippen LogP contribution in [0.3, 0.4) is 0 Å². The van der Waals surface area contributed by atoms with Crippen molar-refractivity contribution in [3.63, 3.8) is 0 Å². The van der Waals surface area contributed by atoms with Crippen LogP contribution in [0, 0.1) is 10.7 Å². The molecule has 0 aliphatic rings. The minimum Gasteiger partial charge on any atom is -0.482 e. The molecule has 0 unspecified atom stereocenters. The highest BCUT2D eigenvalue weighted by molar-refractivity contribution is 8.03. The van der Waals surface area contributed by atoms with Crippen molar-refractivity contribution in [3.8, 4) is 11.2 Å². The van der Waals surface area contributed by atoms with Gasteiger partial charge in [-0.2, -0.15) is 5.26 Å². The van der Waals surface area contributed by atoms with E-state index in [4.69, 9.17) is 33.2 Å². The molecule has 0 aliphatic heterocycles. The van der Waals surface area contributed by atoms with E-state index in [0.717, 1.165) is 16.7 Å². The molecule has 0 heterocycles. The van der Waals surface area contributed by atoms with E-state index in [0.29, 0.717) is 21.5 Å². The molecule has 2 aromatic carbocycles. The maximum absolute atomic E-state index is 11.8. The smallest absolute Gasteiger partial charge is 0.262 e. The number of hydrogen-bond acceptors (Lipinski definition) is 4. The van der Waals surface area contributed by atoms with E-state index in [1.165, 1.54) is 0 Å². The summed E-state index contributed by atoms with van der Waals surface area (Å²) in [5.41, 5.74) is 0.623. The molecule has 1 amide bonds. The maximum Gasteiger partial charge on any atom is 0.262 e. The van der Waals surface area contributed by atoms with Crippen LogP contribution in [-0.4, -0.2) is 12.5 Å². The lowest BCUT2D eigenvalue weighted by Gasteiger charge is -2.09. The number of carbonyl (C=O) groups excluding carboxylic acids is 1. The Hall–Kier alpha value is -1.87. The van der Waals surface area contributed by atoms with Gasteiger partial charge in [-0.3, -0.25) is 4.79 Å². The zero-order valence-corrected chi connectivity index (χ0v) is 13.5. The van der Waals surface area contributed by atoms with Gasteiger partial charge in [0.15, 0.2) is 6.61 Å². The lowest BCUT2D eigenvalue weighted by Crippen LogP contribution is -2.20. The number of rotatable bonds is 5. The molecular weight excluding hydrogens is 343 g/mol. The molecule has 22 heavy (non-hydrogen) atoms. The van der Waals surface area contributed by atoms with Crippen molar-refractivity contribution in [3.05, 3.63) is 52.5 Å². The first kappa shape index (κ1) is 16.5. The summed E-state index contributed by atoms with van der Waals surface area (Å²) >= 11 is 12.8. The van der Waals surface area contributed by atoms with Crippen molar-refractivity contribution in [1.82, 2.24) is 0 Å². The first-order chi connectivity index (χ1) is 10.6. The minimum absolute atomic E-state index is 0.171. The molecule has 0 radical (unpaired) electrons. The number of ether oxygens (including phenoxy) is 1. The molecule has 112 valence electrons. The number of nitrogens with zero attached hydrogens (tertiary/aromatic N) is 1. The summed E-state index contributed by atoms with van der Waals surface area (Å²) in [6, 6.07) is 11.7. The van der Waals surface area contributed by atoms with Crippen molar-refractivity contribution < 1.29 is 9.53 Å². The van der Waals surface area contributed by atoms with E-state index < -0.39 is 0 Å². The minimum atomic E-state index is -0.313. The van der Waals surface area contributed by atoms with E-state index in [-0.39, 0.29) is 12.5 Å². The van der Waals surface area contributed by atoms with Gasteiger partial charge in [0.25, 0.3) is 5.91 Å². The number of hydrogen-bond donors (Lipinski definition) is 1. The molecule has 2 rings (SSSR count). The number of benzene rings is 2. The zero-order valence-electron chi connectivity index (χ0n) is 11.2. The molecule has 4 nitrogen and oxygen atoms in total. The van der Waals surface area contributed by atoms with Crippen LogP contribution < -0.4 is 10.1 Å². The van der Waals surface area contributed by atoms with Crippen LogP contribution in [0.2, 0.25) is 10.0 Å². The average molecular weight is 353 g/mol. The number of nitriles is 1. The number of carbonyl (C=O) groups is 1. The molecule has 0 spiro atoms. The Labute approximate surface area is 142 Å². The number of thiocyanates is 1. The summed E-state index contributed by atoms with van der Waals surface area (Å²) in [6.45, 7) is -0.171. The van der Waals surface area contributed by atoms with Crippen molar-refractivity contribution in [2.24, 2.45) is 0 Å². The van der Waals surface area contributed by atoms with E-state index in [1.54, 1.807) is 42.5 Å². The van der Waals surface area contributed by atoms with Crippen LogP contribution in [0.15, 0.2) is 47.4 Å². The van der Waals surface area contributed by atoms with Crippen molar-refractivity contribution in [2.45, 2.75) is 4.90 Å². The van der Waals surface area contributed by atoms with Crippen LogP contribution in [0.5, 0.6) is 5.75 Å². The SMILES string of the molecule is N#CSc1ccc(NC(=O)COc2ccc(Cl)cc2Cl)cc1. The number of nitrogens with one attached hydrogen (secondary N) is 1. The fourth-order valence-electron chi connectivity index (χ4n) is 1.59. The van der Waals surface area contributed by atoms with Gasteiger partial charge in [0.2, 0.25) is 0 Å². The fraction of sp³-hybridized carbons (Fsp3) is 0.0667. The Morgan fingerprint density at radius 3 is 2.59 bits per heavy atom. The third-order valence-electron chi connectivity index (χ3n) is 2.55. The Kier molecular flexibility index (Phi) is 5.96. The summed E-state index contributed by atoms with van der Waals surface area (Å²) in [5, 5.41) is 14.1. The molecule has 7 heteroatoms. The van der Waals surface area contributed by atoms with Crippen LogP contribution in [-0.2, 0) is 4.79 Å². The first-order valence-electron chi connectivity index (χ1n) is 6.12. The highest BCUT2D eigenvalue weighted by Crippen LogP contribution is 2.27. The number of amides is 1. The molecule has 2 aromatic rings. The molecule has 0 bridgehead atoms. The lowest BCUT2D eigenvalue weighted by atomic mass is 10.3. The second-order valence-electron chi connectivity index (χ2n) is 4.13. The van der Waals surface area contributed by atoms with E-state index >= 15 is 0 Å². The zero-order chi connectivity index (χ0) is 15.9. The second kappa shape index (κ2) is 7.95. The summed E-state index contributed by atoms with van der Waals surface area (Å²) in [6.07, 6.45) is 0. The normalized spacial score (nSPS) is 9.86. The Bertz CT molecular complexity index is 714. The van der Waals surface area contributed by atoms with Gasteiger partial charge in [-0.25, -0.2) is 0 Å². The lowest BCUT2D eigenvalue weighted by molar-refractivity contribution is -0.118. The van der Waals surface area contributed by atoms with Gasteiger partial charge in [0, 0.05) is 15.6 Å².